The van der Waals surface area contributed by atoms with E-state index in [0.717, 1.165) is 10.5 Å². The Labute approximate surface area is 105 Å². The van der Waals surface area contributed by atoms with Crippen LogP contribution in [0.15, 0.2) is 47.4 Å². The molecule has 1 heterocycles. The van der Waals surface area contributed by atoms with Crippen molar-refractivity contribution in [3.05, 3.63) is 53.6 Å². The van der Waals surface area contributed by atoms with Gasteiger partial charge in [-0.25, -0.2) is 4.72 Å². The number of fused-ring (bicyclic) bond motifs is 1. The average molecular weight is 243 g/mol. The van der Waals surface area contributed by atoms with Crippen LogP contribution in [-0.4, -0.2) is 5.11 Å². The molecule has 3 heteroatoms. The van der Waals surface area contributed by atoms with Crippen molar-refractivity contribution in [2.75, 3.05) is 0 Å². The highest BCUT2D eigenvalue weighted by molar-refractivity contribution is 7.97. The third kappa shape index (κ3) is 1.86. The minimum atomic E-state index is -0.555. The van der Waals surface area contributed by atoms with E-state index in [1.807, 2.05) is 12.1 Å². The Bertz CT molecular complexity index is 551. The van der Waals surface area contributed by atoms with Crippen LogP contribution in [0.2, 0.25) is 0 Å². The summed E-state index contributed by atoms with van der Waals surface area (Å²) in [4.78, 5) is 1.13. The zero-order valence-corrected chi connectivity index (χ0v) is 10.3. The van der Waals surface area contributed by atoms with Crippen molar-refractivity contribution in [2.45, 2.75) is 18.0 Å². The maximum absolute atomic E-state index is 9.76. The molecule has 2 nitrogen and oxygen atoms in total. The molecule has 0 bridgehead atoms. The van der Waals surface area contributed by atoms with Gasteiger partial charge in [0.15, 0.2) is 0 Å². The molecule has 86 valence electrons. The summed E-state index contributed by atoms with van der Waals surface area (Å²) in [7, 11) is 0. The summed E-state index contributed by atoms with van der Waals surface area (Å²) in [6.07, 6.45) is -0.555. The fraction of sp³-hybridized carbons (Fsp3) is 0.143. The van der Waals surface area contributed by atoms with E-state index in [0.29, 0.717) is 0 Å². The predicted octanol–water partition coefficient (Wildman–Crippen LogP) is 3.26. The van der Waals surface area contributed by atoms with Crippen molar-refractivity contribution in [3.63, 3.8) is 0 Å². The van der Waals surface area contributed by atoms with E-state index in [4.69, 9.17) is 0 Å². The van der Waals surface area contributed by atoms with E-state index >= 15 is 0 Å². The lowest BCUT2D eigenvalue weighted by atomic mass is 10.0. The number of rotatable bonds is 1. The zero-order valence-electron chi connectivity index (χ0n) is 9.47. The first-order valence-electron chi connectivity index (χ1n) is 5.56. The maximum Gasteiger partial charge on any atom is 0.141 e. The summed E-state index contributed by atoms with van der Waals surface area (Å²) in [5.74, 6) is 0. The first-order chi connectivity index (χ1) is 8.25. The Morgan fingerprint density at radius 1 is 1.12 bits per heavy atom. The molecule has 0 spiro atoms. The zero-order chi connectivity index (χ0) is 11.8. The molecule has 3 rings (SSSR count). The first-order valence-corrected chi connectivity index (χ1v) is 6.38. The van der Waals surface area contributed by atoms with Crippen molar-refractivity contribution in [3.8, 4) is 11.1 Å². The van der Waals surface area contributed by atoms with Crippen LogP contribution in [0, 0.1) is 6.92 Å². The summed E-state index contributed by atoms with van der Waals surface area (Å²) in [6.45, 7) is 2.08. The molecule has 1 aliphatic heterocycles. The van der Waals surface area contributed by atoms with Crippen LogP contribution in [0.5, 0.6) is 0 Å². The molecule has 2 N–H and O–H groups in total. The Morgan fingerprint density at radius 3 is 2.65 bits per heavy atom. The number of hydrogen-bond donors (Lipinski definition) is 2. The van der Waals surface area contributed by atoms with Gasteiger partial charge in [-0.15, -0.1) is 0 Å². The van der Waals surface area contributed by atoms with Gasteiger partial charge in [-0.3, -0.25) is 0 Å². The van der Waals surface area contributed by atoms with Gasteiger partial charge in [0.25, 0.3) is 0 Å². The van der Waals surface area contributed by atoms with Crippen LogP contribution in [0.25, 0.3) is 11.1 Å². The smallest absolute Gasteiger partial charge is 0.141 e. The van der Waals surface area contributed by atoms with Crippen molar-refractivity contribution in [2.24, 2.45) is 0 Å². The van der Waals surface area contributed by atoms with Gasteiger partial charge in [-0.2, -0.15) is 0 Å². The van der Waals surface area contributed by atoms with Crippen LogP contribution < -0.4 is 4.72 Å². The number of hydrogen-bond acceptors (Lipinski definition) is 3. The molecule has 0 saturated heterocycles. The van der Waals surface area contributed by atoms with Crippen molar-refractivity contribution >= 4 is 11.9 Å². The van der Waals surface area contributed by atoms with Gasteiger partial charge >= 0.3 is 0 Å². The second-order valence-corrected chi connectivity index (χ2v) is 5.06. The van der Waals surface area contributed by atoms with E-state index in [2.05, 4.69) is 42.0 Å². The Morgan fingerprint density at radius 2 is 1.88 bits per heavy atom. The lowest BCUT2D eigenvalue weighted by Gasteiger charge is -2.07. The van der Waals surface area contributed by atoms with E-state index in [1.54, 1.807) is 0 Å². The van der Waals surface area contributed by atoms with Gasteiger partial charge in [0.05, 0.1) is 0 Å². The fourth-order valence-corrected chi connectivity index (χ4v) is 2.97. The summed E-state index contributed by atoms with van der Waals surface area (Å²) in [6, 6.07) is 14.5. The molecule has 1 aliphatic rings. The molecule has 2 aromatic carbocycles. The largest absolute Gasteiger partial charge is 0.373 e. The molecule has 17 heavy (non-hydrogen) atoms. The molecule has 0 radical (unpaired) electrons. The van der Waals surface area contributed by atoms with Gasteiger partial charge in [0, 0.05) is 10.5 Å². The lowest BCUT2D eigenvalue weighted by molar-refractivity contribution is 0.173. The average Bonchev–Trinajstić information content (AvgIpc) is 2.73. The topological polar surface area (TPSA) is 32.3 Å². The van der Waals surface area contributed by atoms with Gasteiger partial charge in [-0.05, 0) is 30.0 Å². The summed E-state index contributed by atoms with van der Waals surface area (Å²) >= 11 is 1.50. The predicted molar refractivity (Wildman–Crippen MR) is 70.6 cm³/mol. The number of nitrogens with one attached hydrogen (secondary N) is 1. The fourth-order valence-electron chi connectivity index (χ4n) is 2.02. The monoisotopic (exact) mass is 243 g/mol. The summed E-state index contributed by atoms with van der Waals surface area (Å²) < 4.78 is 2.98. The molecule has 0 amide bonds. The molecule has 1 unspecified atom stereocenters. The second kappa shape index (κ2) is 4.18. The number of aliphatic hydroxyl groups is 1. The van der Waals surface area contributed by atoms with Crippen LogP contribution >= 0.6 is 11.9 Å². The van der Waals surface area contributed by atoms with E-state index in [1.165, 1.54) is 28.6 Å². The molecule has 0 saturated carbocycles. The second-order valence-electron chi connectivity index (χ2n) is 4.21. The molecular weight excluding hydrogens is 230 g/mol. The van der Waals surface area contributed by atoms with Crippen molar-refractivity contribution in [1.29, 1.82) is 0 Å². The van der Waals surface area contributed by atoms with Gasteiger partial charge in [-0.1, -0.05) is 48.0 Å². The Kier molecular flexibility index (Phi) is 2.67. The van der Waals surface area contributed by atoms with Crippen LogP contribution in [0.1, 0.15) is 17.4 Å². The highest BCUT2D eigenvalue weighted by Crippen LogP contribution is 2.40. The number of aryl methyl sites for hydroxylation is 1. The van der Waals surface area contributed by atoms with Gasteiger partial charge in [0.2, 0.25) is 0 Å². The maximum atomic E-state index is 9.76. The molecule has 0 fully saturated rings. The van der Waals surface area contributed by atoms with Crippen molar-refractivity contribution in [1.82, 2.24) is 4.72 Å². The SMILES string of the molecule is Cc1ccc(-c2cccc3c2SNC3O)cc1. The minimum absolute atomic E-state index is 0.555. The standard InChI is InChI=1S/C14H13NOS/c1-9-5-7-10(8-6-9)11-3-2-4-12-13(11)17-15-14(12)16/h2-8,14-16H,1H3. The van der Waals surface area contributed by atoms with E-state index < -0.39 is 6.23 Å². The molecule has 0 aromatic heterocycles. The normalized spacial score (nSPS) is 18.1. The van der Waals surface area contributed by atoms with E-state index in [-0.39, 0.29) is 0 Å². The minimum Gasteiger partial charge on any atom is -0.373 e. The highest BCUT2D eigenvalue weighted by Gasteiger charge is 2.23. The number of benzene rings is 2. The van der Waals surface area contributed by atoms with Crippen LogP contribution in [0.4, 0.5) is 0 Å². The van der Waals surface area contributed by atoms with Gasteiger partial charge in [0.1, 0.15) is 6.23 Å². The van der Waals surface area contributed by atoms with Gasteiger partial charge < -0.3 is 5.11 Å². The van der Waals surface area contributed by atoms with E-state index in [9.17, 15) is 5.11 Å². The third-order valence-electron chi connectivity index (χ3n) is 2.98. The van der Waals surface area contributed by atoms with Crippen molar-refractivity contribution < 1.29 is 5.11 Å². The lowest BCUT2D eigenvalue weighted by Crippen LogP contribution is -2.04. The van der Waals surface area contributed by atoms with Crippen LogP contribution in [-0.2, 0) is 0 Å². The quantitative estimate of drug-likeness (QED) is 0.754. The molecule has 2 aromatic rings. The third-order valence-corrected chi connectivity index (χ3v) is 3.98. The Balaban J connectivity index is 2.13. The summed E-state index contributed by atoms with van der Waals surface area (Å²) in [5.41, 5.74) is 4.59. The highest BCUT2D eigenvalue weighted by atomic mass is 32.2. The Hall–Kier alpha value is -1.29. The molecule has 0 aliphatic carbocycles. The summed E-state index contributed by atoms with van der Waals surface area (Å²) in [5, 5.41) is 9.76. The van der Waals surface area contributed by atoms with Crippen LogP contribution in [0.3, 0.4) is 0 Å². The molecular formula is C14H13NOS. The number of aliphatic hydroxyl groups excluding tert-OH is 1. The molecule has 1 atom stereocenters. The first kappa shape index (κ1) is 10.8.